The van der Waals surface area contributed by atoms with Gasteiger partial charge in [-0.15, -0.1) is 22.0 Å². The first-order chi connectivity index (χ1) is 16.5. The number of aryl methyl sites for hydroxylation is 2. The summed E-state index contributed by atoms with van der Waals surface area (Å²) in [6, 6.07) is 24.3. The molecule has 1 aromatic heterocycles. The number of hydrogen-bond donors (Lipinski definition) is 1. The third kappa shape index (κ3) is 5.95. The van der Waals surface area contributed by atoms with Crippen LogP contribution in [0.25, 0.3) is 17.1 Å². The molecule has 0 aliphatic carbocycles. The van der Waals surface area contributed by atoms with E-state index < -0.39 is 0 Å². The summed E-state index contributed by atoms with van der Waals surface area (Å²) in [7, 11) is 0. The molecule has 1 N–H and O–H groups in total. The standard InChI is InChI=1S/C26H25N5OS2/c1-18-4-10-21(11-5-18)25-29-30-26(31(25)22-12-6-19(2)7-13-22)34-17-24(32)28-27-16-20-8-14-23(33-3)15-9-20/h4-16H,17H2,1-3H3,(H,28,32)/b27-16-. The molecule has 0 bridgehead atoms. The van der Waals surface area contributed by atoms with Gasteiger partial charge in [0.2, 0.25) is 0 Å². The van der Waals surface area contributed by atoms with Gasteiger partial charge in [-0.2, -0.15) is 5.10 Å². The van der Waals surface area contributed by atoms with E-state index in [0.717, 1.165) is 22.6 Å². The topological polar surface area (TPSA) is 72.2 Å². The van der Waals surface area contributed by atoms with Crippen molar-refractivity contribution in [2.24, 2.45) is 5.10 Å². The van der Waals surface area contributed by atoms with Crippen molar-refractivity contribution < 1.29 is 4.79 Å². The van der Waals surface area contributed by atoms with Gasteiger partial charge in [0, 0.05) is 16.1 Å². The number of benzene rings is 3. The van der Waals surface area contributed by atoms with Gasteiger partial charge in [-0.25, -0.2) is 5.43 Å². The van der Waals surface area contributed by atoms with Crippen molar-refractivity contribution in [3.63, 3.8) is 0 Å². The minimum atomic E-state index is -0.211. The molecule has 1 heterocycles. The van der Waals surface area contributed by atoms with Crippen LogP contribution >= 0.6 is 23.5 Å². The van der Waals surface area contributed by atoms with Gasteiger partial charge in [-0.05, 0) is 49.9 Å². The summed E-state index contributed by atoms with van der Waals surface area (Å²) in [4.78, 5) is 13.6. The second kappa shape index (κ2) is 11.2. The Hall–Kier alpha value is -3.36. The Morgan fingerprint density at radius 2 is 1.59 bits per heavy atom. The van der Waals surface area contributed by atoms with E-state index in [1.54, 1.807) is 18.0 Å². The monoisotopic (exact) mass is 487 g/mol. The van der Waals surface area contributed by atoms with Crippen LogP contribution in [0.2, 0.25) is 0 Å². The third-order valence-electron chi connectivity index (χ3n) is 5.09. The smallest absolute Gasteiger partial charge is 0.250 e. The second-order valence-electron chi connectivity index (χ2n) is 7.70. The Morgan fingerprint density at radius 3 is 2.24 bits per heavy atom. The Kier molecular flexibility index (Phi) is 7.82. The van der Waals surface area contributed by atoms with Crippen LogP contribution < -0.4 is 5.43 Å². The number of carbonyl (C=O) groups is 1. The predicted octanol–water partition coefficient (Wildman–Crippen LogP) is 5.52. The van der Waals surface area contributed by atoms with Crippen molar-refractivity contribution in [2.75, 3.05) is 12.0 Å². The van der Waals surface area contributed by atoms with Crippen molar-refractivity contribution in [1.29, 1.82) is 0 Å². The van der Waals surface area contributed by atoms with Crippen molar-refractivity contribution in [3.8, 4) is 17.1 Å². The van der Waals surface area contributed by atoms with Crippen LogP contribution in [0.4, 0.5) is 0 Å². The fourth-order valence-corrected chi connectivity index (χ4v) is 4.36. The summed E-state index contributed by atoms with van der Waals surface area (Å²) in [5.41, 5.74) is 7.77. The van der Waals surface area contributed by atoms with E-state index in [4.69, 9.17) is 0 Å². The van der Waals surface area contributed by atoms with E-state index in [9.17, 15) is 4.79 Å². The molecule has 0 unspecified atom stereocenters. The largest absolute Gasteiger partial charge is 0.272 e. The van der Waals surface area contributed by atoms with E-state index in [-0.39, 0.29) is 11.7 Å². The molecule has 34 heavy (non-hydrogen) atoms. The minimum absolute atomic E-state index is 0.167. The first-order valence-electron chi connectivity index (χ1n) is 10.7. The summed E-state index contributed by atoms with van der Waals surface area (Å²) < 4.78 is 1.98. The van der Waals surface area contributed by atoms with Crippen LogP contribution in [0.3, 0.4) is 0 Å². The fraction of sp³-hybridized carbons (Fsp3) is 0.154. The molecule has 0 aliphatic rings. The SMILES string of the molecule is CSc1ccc(/C=N\NC(=O)CSc2nnc(-c3ccc(C)cc3)n2-c2ccc(C)cc2)cc1. The summed E-state index contributed by atoms with van der Waals surface area (Å²) in [5, 5.41) is 13.5. The van der Waals surface area contributed by atoms with E-state index in [1.807, 2.05) is 59.4 Å². The highest BCUT2D eigenvalue weighted by Gasteiger charge is 2.17. The van der Waals surface area contributed by atoms with Gasteiger partial charge < -0.3 is 0 Å². The average Bonchev–Trinajstić information content (AvgIpc) is 3.28. The highest BCUT2D eigenvalue weighted by molar-refractivity contribution is 7.99. The Balaban J connectivity index is 1.48. The number of thioether (sulfide) groups is 2. The van der Waals surface area contributed by atoms with Crippen LogP contribution in [0.15, 0.2) is 87.9 Å². The number of aromatic nitrogens is 3. The van der Waals surface area contributed by atoms with Crippen molar-refractivity contribution >= 4 is 35.6 Å². The molecule has 6 nitrogen and oxygen atoms in total. The lowest BCUT2D eigenvalue weighted by Crippen LogP contribution is -2.20. The number of amides is 1. The minimum Gasteiger partial charge on any atom is -0.272 e. The molecule has 0 saturated heterocycles. The maximum absolute atomic E-state index is 12.4. The Morgan fingerprint density at radius 1 is 0.941 bits per heavy atom. The van der Waals surface area contributed by atoms with Crippen LogP contribution in [0.1, 0.15) is 16.7 Å². The zero-order chi connectivity index (χ0) is 23.9. The van der Waals surface area contributed by atoms with Gasteiger partial charge in [0.05, 0.1) is 12.0 Å². The molecule has 4 rings (SSSR count). The predicted molar refractivity (Wildman–Crippen MR) is 141 cm³/mol. The summed E-state index contributed by atoms with van der Waals surface area (Å²) >= 11 is 3.01. The van der Waals surface area contributed by atoms with E-state index in [0.29, 0.717) is 5.16 Å². The second-order valence-corrected chi connectivity index (χ2v) is 9.52. The van der Waals surface area contributed by atoms with E-state index >= 15 is 0 Å². The zero-order valence-electron chi connectivity index (χ0n) is 19.2. The van der Waals surface area contributed by atoms with E-state index in [2.05, 4.69) is 58.8 Å². The van der Waals surface area contributed by atoms with Gasteiger partial charge in [-0.1, -0.05) is 71.4 Å². The first-order valence-corrected chi connectivity index (χ1v) is 12.9. The zero-order valence-corrected chi connectivity index (χ0v) is 20.9. The molecule has 0 aliphatic heterocycles. The maximum Gasteiger partial charge on any atom is 0.250 e. The lowest BCUT2D eigenvalue weighted by atomic mass is 10.1. The quantitative estimate of drug-likeness (QED) is 0.201. The van der Waals surface area contributed by atoms with Crippen molar-refractivity contribution in [1.82, 2.24) is 20.2 Å². The first kappa shape index (κ1) is 23.8. The van der Waals surface area contributed by atoms with Crippen molar-refractivity contribution in [2.45, 2.75) is 23.9 Å². The molecule has 0 fully saturated rings. The molecule has 3 aromatic carbocycles. The van der Waals surface area contributed by atoms with Gasteiger partial charge in [-0.3, -0.25) is 9.36 Å². The van der Waals surface area contributed by atoms with Crippen molar-refractivity contribution in [3.05, 3.63) is 89.5 Å². The van der Waals surface area contributed by atoms with Crippen LogP contribution in [-0.4, -0.2) is 38.9 Å². The molecule has 8 heteroatoms. The number of nitrogens with one attached hydrogen (secondary N) is 1. The highest BCUT2D eigenvalue weighted by atomic mass is 32.2. The number of nitrogens with zero attached hydrogens (tertiary/aromatic N) is 4. The van der Waals surface area contributed by atoms with E-state index in [1.165, 1.54) is 27.8 Å². The molecule has 0 saturated carbocycles. The van der Waals surface area contributed by atoms with Crippen LogP contribution in [-0.2, 0) is 4.79 Å². The summed E-state index contributed by atoms with van der Waals surface area (Å²) in [6.07, 6.45) is 3.67. The number of hydrazone groups is 1. The Bertz CT molecular complexity index is 1280. The summed E-state index contributed by atoms with van der Waals surface area (Å²) in [6.45, 7) is 4.10. The van der Waals surface area contributed by atoms with Gasteiger partial charge in [0.1, 0.15) is 0 Å². The molecule has 0 atom stereocenters. The van der Waals surface area contributed by atoms with Gasteiger partial charge >= 0.3 is 0 Å². The molecule has 4 aromatic rings. The highest BCUT2D eigenvalue weighted by Crippen LogP contribution is 2.28. The van der Waals surface area contributed by atoms with Crippen LogP contribution in [0.5, 0.6) is 0 Å². The molecule has 172 valence electrons. The molecule has 0 spiro atoms. The molecule has 1 amide bonds. The lowest BCUT2D eigenvalue weighted by molar-refractivity contribution is -0.118. The molecule has 0 radical (unpaired) electrons. The number of hydrogen-bond acceptors (Lipinski definition) is 6. The normalized spacial score (nSPS) is 11.1. The number of rotatable bonds is 8. The number of carbonyl (C=O) groups excluding carboxylic acids is 1. The molecular formula is C26H25N5OS2. The summed E-state index contributed by atoms with van der Waals surface area (Å²) in [5.74, 6) is 0.691. The average molecular weight is 488 g/mol. The fourth-order valence-electron chi connectivity index (χ4n) is 3.21. The van der Waals surface area contributed by atoms with Gasteiger partial charge in [0.15, 0.2) is 11.0 Å². The Labute approximate surface area is 207 Å². The van der Waals surface area contributed by atoms with Crippen LogP contribution in [0, 0.1) is 13.8 Å². The maximum atomic E-state index is 12.4. The lowest BCUT2D eigenvalue weighted by Gasteiger charge is -2.11. The third-order valence-corrected chi connectivity index (χ3v) is 6.76. The molecular weight excluding hydrogens is 462 g/mol. The van der Waals surface area contributed by atoms with Gasteiger partial charge in [0.25, 0.3) is 5.91 Å².